The number of nitro benzene ring substituents is 1. The number of carbonyl (C=O) groups is 2. The molecule has 0 saturated heterocycles. The van der Waals surface area contributed by atoms with Crippen LogP contribution in [-0.4, -0.2) is 22.9 Å². The molecule has 0 radical (unpaired) electrons. The Hall–Kier alpha value is -3.42. The number of hydrogen-bond acceptors (Lipinski definition) is 6. The van der Waals surface area contributed by atoms with Gasteiger partial charge in [-0.15, -0.1) is 0 Å². The average molecular weight is 371 g/mol. The predicted octanol–water partition coefficient (Wildman–Crippen LogP) is 3.29. The first-order chi connectivity index (χ1) is 12.6. The fraction of sp³-hybridized carbons (Fsp3) is 0.263. The first-order valence-electron chi connectivity index (χ1n) is 8.23. The van der Waals surface area contributed by atoms with Gasteiger partial charge in [-0.2, -0.15) is 0 Å². The molecule has 0 unspecified atom stereocenters. The molecule has 27 heavy (non-hydrogen) atoms. The van der Waals surface area contributed by atoms with E-state index in [9.17, 15) is 19.7 Å². The highest BCUT2D eigenvalue weighted by molar-refractivity contribution is 5.98. The third kappa shape index (κ3) is 4.60. The van der Waals surface area contributed by atoms with Crippen LogP contribution < -0.4 is 11.1 Å². The summed E-state index contributed by atoms with van der Waals surface area (Å²) < 4.78 is 5.13. The van der Waals surface area contributed by atoms with E-state index < -0.39 is 28.6 Å². The number of benzene rings is 2. The van der Waals surface area contributed by atoms with Crippen molar-refractivity contribution in [3.05, 3.63) is 62.7 Å². The molecule has 142 valence electrons. The van der Waals surface area contributed by atoms with E-state index in [0.717, 1.165) is 22.8 Å². The normalized spacial score (nSPS) is 11.6. The number of carbonyl (C=O) groups excluding carboxylic acids is 2. The average Bonchev–Trinajstić information content (AvgIpc) is 2.57. The number of esters is 1. The van der Waals surface area contributed by atoms with Crippen molar-refractivity contribution in [1.29, 1.82) is 0 Å². The van der Waals surface area contributed by atoms with E-state index in [-0.39, 0.29) is 11.3 Å². The SMILES string of the molecule is Cc1cc(C)c(NC(=O)[C@@H](C)OC(=O)c2ccc(N)c([N+](=O)[O-])c2)c(C)c1. The molecule has 0 aromatic heterocycles. The summed E-state index contributed by atoms with van der Waals surface area (Å²) >= 11 is 0. The summed E-state index contributed by atoms with van der Waals surface area (Å²) in [6.07, 6.45) is -1.09. The van der Waals surface area contributed by atoms with Gasteiger partial charge in [0.25, 0.3) is 11.6 Å². The maximum Gasteiger partial charge on any atom is 0.339 e. The molecule has 2 aromatic rings. The predicted molar refractivity (Wildman–Crippen MR) is 102 cm³/mol. The summed E-state index contributed by atoms with van der Waals surface area (Å²) in [6, 6.07) is 7.46. The van der Waals surface area contributed by atoms with Gasteiger partial charge in [0, 0.05) is 11.8 Å². The number of rotatable bonds is 5. The van der Waals surface area contributed by atoms with E-state index in [1.165, 1.54) is 19.1 Å². The lowest BCUT2D eigenvalue weighted by molar-refractivity contribution is -0.383. The van der Waals surface area contributed by atoms with Gasteiger partial charge in [0.05, 0.1) is 10.5 Å². The van der Waals surface area contributed by atoms with Crippen molar-refractivity contribution in [3.63, 3.8) is 0 Å². The van der Waals surface area contributed by atoms with Gasteiger partial charge >= 0.3 is 5.97 Å². The Morgan fingerprint density at radius 3 is 2.30 bits per heavy atom. The molecule has 0 aliphatic heterocycles. The summed E-state index contributed by atoms with van der Waals surface area (Å²) in [4.78, 5) is 34.8. The topological polar surface area (TPSA) is 125 Å². The van der Waals surface area contributed by atoms with Crippen molar-refractivity contribution in [2.75, 3.05) is 11.1 Å². The first-order valence-corrected chi connectivity index (χ1v) is 8.23. The van der Waals surface area contributed by atoms with E-state index >= 15 is 0 Å². The number of anilines is 2. The molecule has 0 fully saturated rings. The Balaban J connectivity index is 2.12. The van der Waals surface area contributed by atoms with Gasteiger partial charge in [-0.05, 0) is 51.0 Å². The summed E-state index contributed by atoms with van der Waals surface area (Å²) in [6.45, 7) is 7.14. The highest BCUT2D eigenvalue weighted by Crippen LogP contribution is 2.24. The zero-order valence-electron chi connectivity index (χ0n) is 15.5. The van der Waals surface area contributed by atoms with Gasteiger partial charge in [-0.3, -0.25) is 14.9 Å². The molecule has 0 aliphatic carbocycles. The Morgan fingerprint density at radius 2 is 1.74 bits per heavy atom. The largest absolute Gasteiger partial charge is 0.449 e. The molecule has 0 saturated carbocycles. The van der Waals surface area contributed by atoms with Crippen molar-refractivity contribution < 1.29 is 19.2 Å². The maximum absolute atomic E-state index is 12.4. The second kappa shape index (κ2) is 7.86. The van der Waals surface area contributed by atoms with Crippen LogP contribution in [0.25, 0.3) is 0 Å². The smallest absolute Gasteiger partial charge is 0.339 e. The Labute approximate surface area is 156 Å². The van der Waals surface area contributed by atoms with Crippen molar-refractivity contribution in [2.24, 2.45) is 0 Å². The third-order valence-corrected chi connectivity index (χ3v) is 4.04. The van der Waals surface area contributed by atoms with E-state index in [4.69, 9.17) is 10.5 Å². The highest BCUT2D eigenvalue weighted by Gasteiger charge is 2.22. The molecule has 1 amide bonds. The van der Waals surface area contributed by atoms with Gasteiger partial charge in [-0.1, -0.05) is 17.7 Å². The van der Waals surface area contributed by atoms with Crippen molar-refractivity contribution in [1.82, 2.24) is 0 Å². The number of nitrogens with zero attached hydrogens (tertiary/aromatic N) is 1. The van der Waals surface area contributed by atoms with Crippen LogP contribution in [0.5, 0.6) is 0 Å². The van der Waals surface area contributed by atoms with Crippen molar-refractivity contribution in [2.45, 2.75) is 33.8 Å². The first kappa shape index (κ1) is 19.9. The standard InChI is InChI=1S/C19H21N3O5/c1-10-7-11(2)17(12(3)8-10)21-18(23)13(4)27-19(24)14-5-6-15(20)16(9-14)22(25)26/h5-9,13H,20H2,1-4H3,(H,21,23)/t13-/m1/s1. The minimum Gasteiger partial charge on any atom is -0.449 e. The molecule has 0 spiro atoms. The molecule has 0 bridgehead atoms. The van der Waals surface area contributed by atoms with E-state index in [2.05, 4.69) is 5.32 Å². The number of nitro groups is 1. The number of aryl methyl sites for hydroxylation is 3. The van der Waals surface area contributed by atoms with Crippen LogP contribution in [0.4, 0.5) is 17.1 Å². The van der Waals surface area contributed by atoms with E-state index in [1.54, 1.807) is 0 Å². The molecular weight excluding hydrogens is 350 g/mol. The fourth-order valence-corrected chi connectivity index (χ4v) is 2.71. The number of nitrogen functional groups attached to an aromatic ring is 1. The lowest BCUT2D eigenvalue weighted by Gasteiger charge is -2.17. The van der Waals surface area contributed by atoms with Gasteiger partial charge in [0.15, 0.2) is 6.10 Å². The van der Waals surface area contributed by atoms with E-state index in [1.807, 2.05) is 32.9 Å². The van der Waals surface area contributed by atoms with Crippen LogP contribution >= 0.6 is 0 Å². The van der Waals surface area contributed by atoms with Gasteiger partial charge in [-0.25, -0.2) is 4.79 Å². The Kier molecular flexibility index (Phi) is 5.79. The summed E-state index contributed by atoms with van der Waals surface area (Å²) in [5.74, 6) is -1.35. The molecule has 2 rings (SSSR count). The van der Waals surface area contributed by atoms with Crippen LogP contribution in [0.3, 0.4) is 0 Å². The van der Waals surface area contributed by atoms with Crippen molar-refractivity contribution >= 4 is 28.9 Å². The van der Waals surface area contributed by atoms with Gasteiger partial charge < -0.3 is 15.8 Å². The molecular formula is C19H21N3O5. The van der Waals surface area contributed by atoms with Gasteiger partial charge in [0.1, 0.15) is 5.69 Å². The number of hydrogen-bond donors (Lipinski definition) is 2. The number of ether oxygens (including phenoxy) is 1. The maximum atomic E-state index is 12.4. The molecule has 0 heterocycles. The number of amides is 1. The minimum atomic E-state index is -1.09. The molecule has 8 nitrogen and oxygen atoms in total. The zero-order valence-corrected chi connectivity index (χ0v) is 15.5. The van der Waals surface area contributed by atoms with Crippen LogP contribution in [0, 0.1) is 30.9 Å². The second-order valence-corrected chi connectivity index (χ2v) is 6.34. The molecule has 3 N–H and O–H groups in total. The van der Waals surface area contributed by atoms with Crippen LogP contribution in [-0.2, 0) is 9.53 Å². The lowest BCUT2D eigenvalue weighted by Crippen LogP contribution is -2.30. The minimum absolute atomic E-state index is 0.0572. The summed E-state index contributed by atoms with van der Waals surface area (Å²) in [5, 5.41) is 13.7. The zero-order chi connectivity index (χ0) is 20.3. The third-order valence-electron chi connectivity index (χ3n) is 4.04. The highest BCUT2D eigenvalue weighted by atomic mass is 16.6. The monoisotopic (exact) mass is 371 g/mol. The number of nitrogens with two attached hydrogens (primary N) is 1. The lowest BCUT2D eigenvalue weighted by atomic mass is 10.0. The van der Waals surface area contributed by atoms with Crippen molar-refractivity contribution in [3.8, 4) is 0 Å². The second-order valence-electron chi connectivity index (χ2n) is 6.34. The fourth-order valence-electron chi connectivity index (χ4n) is 2.71. The number of nitrogens with one attached hydrogen (secondary N) is 1. The van der Waals surface area contributed by atoms with E-state index in [0.29, 0.717) is 5.69 Å². The molecule has 0 aliphatic rings. The molecule has 8 heteroatoms. The van der Waals surface area contributed by atoms with Gasteiger partial charge in [0.2, 0.25) is 0 Å². The Bertz CT molecular complexity index is 901. The van der Waals surface area contributed by atoms with Crippen LogP contribution in [0.15, 0.2) is 30.3 Å². The molecule has 1 atom stereocenters. The summed E-state index contributed by atoms with van der Waals surface area (Å²) in [5.41, 5.74) is 8.52. The quantitative estimate of drug-likeness (QED) is 0.360. The molecule has 2 aromatic carbocycles. The Morgan fingerprint density at radius 1 is 1.15 bits per heavy atom. The van der Waals surface area contributed by atoms with Crippen LogP contribution in [0.1, 0.15) is 34.0 Å². The van der Waals surface area contributed by atoms with Crippen LogP contribution in [0.2, 0.25) is 0 Å². The summed E-state index contributed by atoms with van der Waals surface area (Å²) in [7, 11) is 0.